The number of hydrogen-bond acceptors (Lipinski definition) is 2. The maximum Gasteiger partial charge on any atom is 0.168 e. The molecule has 4 fully saturated rings. The first-order valence-electron chi connectivity index (χ1n) is 8.46. The van der Waals surface area contributed by atoms with E-state index in [9.17, 15) is 5.11 Å². The quantitative estimate of drug-likeness (QED) is 0.804. The zero-order chi connectivity index (χ0) is 15.1. The lowest BCUT2D eigenvalue weighted by Crippen LogP contribution is -2.40. The molecule has 22 heavy (non-hydrogen) atoms. The van der Waals surface area contributed by atoms with Crippen LogP contribution < -0.4 is 4.74 Å². The van der Waals surface area contributed by atoms with Gasteiger partial charge in [0.25, 0.3) is 0 Å². The Balaban J connectivity index is 1.66. The lowest BCUT2D eigenvalue weighted by molar-refractivity contribution is 0.0710. The summed E-state index contributed by atoms with van der Waals surface area (Å²) in [6, 6.07) is 5.62. The van der Waals surface area contributed by atoms with Crippen molar-refractivity contribution in [3.63, 3.8) is 0 Å². The highest BCUT2D eigenvalue weighted by atomic mass is 35.5. The molecule has 0 saturated heterocycles. The van der Waals surface area contributed by atoms with Crippen molar-refractivity contribution in [2.75, 3.05) is 12.5 Å². The molecular weight excluding hydrogens is 296 g/mol. The van der Waals surface area contributed by atoms with Crippen LogP contribution in [0.15, 0.2) is 23.8 Å². The van der Waals surface area contributed by atoms with E-state index in [2.05, 4.69) is 6.08 Å². The number of hydrogen-bond donors (Lipinski definition) is 1. The van der Waals surface area contributed by atoms with E-state index in [-0.39, 0.29) is 5.75 Å². The predicted molar refractivity (Wildman–Crippen MR) is 89.3 cm³/mol. The molecule has 4 saturated carbocycles. The van der Waals surface area contributed by atoms with Gasteiger partial charge in [-0.1, -0.05) is 23.8 Å². The fourth-order valence-corrected chi connectivity index (χ4v) is 5.17. The molecule has 0 radical (unpaired) electrons. The summed E-state index contributed by atoms with van der Waals surface area (Å²) < 4.78 is 5.68. The molecule has 3 heteroatoms. The topological polar surface area (TPSA) is 29.5 Å². The highest BCUT2D eigenvalue weighted by Gasteiger charge is 2.44. The van der Waals surface area contributed by atoms with Gasteiger partial charge in [-0.05, 0) is 61.8 Å². The number of benzene rings is 1. The number of rotatable bonds is 4. The Bertz CT molecular complexity index is 563. The van der Waals surface area contributed by atoms with E-state index in [4.69, 9.17) is 16.3 Å². The molecule has 4 aliphatic carbocycles. The molecule has 0 heterocycles. The monoisotopic (exact) mass is 318 g/mol. The number of alkyl halides is 1. The first-order valence-corrected chi connectivity index (χ1v) is 9.00. The number of ether oxygens (including phenoxy) is 1. The highest BCUT2D eigenvalue weighted by Crippen LogP contribution is 2.56. The minimum absolute atomic E-state index is 0.211. The Morgan fingerprint density at radius 1 is 1.09 bits per heavy atom. The first kappa shape index (κ1) is 14.4. The van der Waals surface area contributed by atoms with E-state index in [1.807, 2.05) is 12.1 Å². The third-order valence-corrected chi connectivity index (χ3v) is 5.91. The number of halogens is 1. The van der Waals surface area contributed by atoms with Gasteiger partial charge in [0.2, 0.25) is 0 Å². The molecule has 2 nitrogen and oxygen atoms in total. The molecule has 0 aromatic heterocycles. The van der Waals surface area contributed by atoms with Crippen molar-refractivity contribution < 1.29 is 9.84 Å². The largest absolute Gasteiger partial charge is 0.504 e. The van der Waals surface area contributed by atoms with Gasteiger partial charge in [0, 0.05) is 5.56 Å². The number of phenolic OH excluding ortho intramolecular Hbond substituents is 1. The Kier molecular flexibility index (Phi) is 3.81. The van der Waals surface area contributed by atoms with Crippen molar-refractivity contribution in [2.24, 2.45) is 23.7 Å². The molecule has 0 atom stereocenters. The van der Waals surface area contributed by atoms with Gasteiger partial charge < -0.3 is 9.84 Å². The minimum Gasteiger partial charge on any atom is -0.504 e. The van der Waals surface area contributed by atoms with Gasteiger partial charge in [0.1, 0.15) is 6.61 Å². The van der Waals surface area contributed by atoms with Crippen LogP contribution in [0.2, 0.25) is 0 Å². The summed E-state index contributed by atoms with van der Waals surface area (Å²) >= 11 is 5.72. The van der Waals surface area contributed by atoms with Gasteiger partial charge >= 0.3 is 0 Å². The van der Waals surface area contributed by atoms with Crippen molar-refractivity contribution in [2.45, 2.75) is 32.1 Å². The van der Waals surface area contributed by atoms with Crippen LogP contribution in [0.25, 0.3) is 6.08 Å². The molecule has 1 N–H and O–H groups in total. The summed E-state index contributed by atoms with van der Waals surface area (Å²) in [6.07, 6.45) is 9.25. The molecular formula is C19H23ClO2. The van der Waals surface area contributed by atoms with E-state index < -0.39 is 0 Å². The molecule has 0 aliphatic heterocycles. The summed E-state index contributed by atoms with van der Waals surface area (Å²) in [4.78, 5) is 0. The first-order chi connectivity index (χ1) is 10.7. The summed E-state index contributed by atoms with van der Waals surface area (Å²) in [5, 5.41) is 10.1. The van der Waals surface area contributed by atoms with Crippen LogP contribution >= 0.6 is 11.6 Å². The van der Waals surface area contributed by atoms with Gasteiger partial charge in [-0.25, -0.2) is 0 Å². The molecule has 1 aromatic rings. The van der Waals surface area contributed by atoms with Crippen LogP contribution in [-0.2, 0) is 0 Å². The van der Waals surface area contributed by atoms with E-state index in [1.54, 1.807) is 11.6 Å². The minimum atomic E-state index is 0.211. The normalized spacial score (nSPS) is 32.3. The highest BCUT2D eigenvalue weighted by molar-refractivity contribution is 6.18. The number of allylic oxidation sites excluding steroid dienone is 1. The second-order valence-corrected chi connectivity index (χ2v) is 7.56. The van der Waals surface area contributed by atoms with Crippen LogP contribution in [0, 0.1) is 23.7 Å². The fourth-order valence-electron chi connectivity index (χ4n) is 5.10. The van der Waals surface area contributed by atoms with Crippen LogP contribution in [0.5, 0.6) is 11.5 Å². The molecule has 4 bridgehead atoms. The third kappa shape index (κ3) is 2.52. The van der Waals surface area contributed by atoms with Crippen LogP contribution in [-0.4, -0.2) is 17.6 Å². The van der Waals surface area contributed by atoms with E-state index >= 15 is 0 Å². The van der Waals surface area contributed by atoms with Crippen molar-refractivity contribution in [1.82, 2.24) is 0 Å². The number of aromatic hydroxyl groups is 1. The Hall–Kier alpha value is -1.15. The van der Waals surface area contributed by atoms with Crippen LogP contribution in [0.1, 0.15) is 37.7 Å². The lowest BCUT2D eigenvalue weighted by Gasteiger charge is -2.51. The second kappa shape index (κ2) is 5.81. The third-order valence-electron chi connectivity index (χ3n) is 5.75. The number of para-hydroxylation sites is 1. The molecule has 0 spiro atoms. The zero-order valence-corrected chi connectivity index (χ0v) is 13.6. The van der Waals surface area contributed by atoms with E-state index in [1.165, 1.54) is 32.1 Å². The summed E-state index contributed by atoms with van der Waals surface area (Å²) in [7, 11) is 0. The van der Waals surface area contributed by atoms with Gasteiger partial charge in [-0.2, -0.15) is 0 Å². The SMILES string of the molecule is Oc1cccc(C=C2C3CC4CC(C3)CC2C4)c1OCCCl. The van der Waals surface area contributed by atoms with E-state index in [0.29, 0.717) is 18.2 Å². The van der Waals surface area contributed by atoms with Crippen molar-refractivity contribution in [3.8, 4) is 11.5 Å². The summed E-state index contributed by atoms with van der Waals surface area (Å²) in [5.41, 5.74) is 2.61. The Morgan fingerprint density at radius 2 is 1.77 bits per heavy atom. The average Bonchev–Trinajstić information content (AvgIpc) is 2.49. The second-order valence-electron chi connectivity index (χ2n) is 7.18. The summed E-state index contributed by atoms with van der Waals surface area (Å²) in [5.74, 6) is 4.69. The van der Waals surface area contributed by atoms with Gasteiger partial charge in [-0.15, -0.1) is 11.6 Å². The van der Waals surface area contributed by atoms with Crippen LogP contribution in [0.4, 0.5) is 0 Å². The van der Waals surface area contributed by atoms with Crippen LogP contribution in [0.3, 0.4) is 0 Å². The van der Waals surface area contributed by atoms with Gasteiger partial charge in [0.15, 0.2) is 11.5 Å². The lowest BCUT2D eigenvalue weighted by atomic mass is 9.54. The molecule has 5 rings (SSSR count). The molecule has 0 amide bonds. The van der Waals surface area contributed by atoms with Gasteiger partial charge in [0.05, 0.1) is 5.88 Å². The van der Waals surface area contributed by atoms with Crippen molar-refractivity contribution >= 4 is 17.7 Å². The molecule has 1 aromatic carbocycles. The zero-order valence-electron chi connectivity index (χ0n) is 12.8. The molecule has 4 aliphatic rings. The number of phenols is 1. The summed E-state index contributed by atoms with van der Waals surface area (Å²) in [6.45, 7) is 0.423. The van der Waals surface area contributed by atoms with E-state index in [0.717, 1.165) is 29.2 Å². The predicted octanol–water partition coefficient (Wildman–Crippen LogP) is 4.85. The molecule has 0 unspecified atom stereocenters. The Labute approximate surface area is 137 Å². The maximum absolute atomic E-state index is 10.1. The maximum atomic E-state index is 10.1. The van der Waals surface area contributed by atoms with Gasteiger partial charge in [-0.3, -0.25) is 0 Å². The smallest absolute Gasteiger partial charge is 0.168 e. The van der Waals surface area contributed by atoms with Crippen molar-refractivity contribution in [3.05, 3.63) is 29.3 Å². The average molecular weight is 319 g/mol. The molecule has 118 valence electrons. The Morgan fingerprint density at radius 3 is 2.41 bits per heavy atom. The van der Waals surface area contributed by atoms with Crippen molar-refractivity contribution in [1.29, 1.82) is 0 Å². The fraction of sp³-hybridized carbons (Fsp3) is 0.579. The standard InChI is InChI=1S/C19H23ClO2/c20-4-5-22-19-14(2-1-3-18(19)21)11-17-15-7-12-6-13(9-15)10-16(17)8-12/h1-3,11-13,15-16,21H,4-10H2.